The number of fused-ring (bicyclic) bond motifs is 1. The largest absolute Gasteiger partial charge is 0.350 e. The van der Waals surface area contributed by atoms with E-state index in [1.807, 2.05) is 0 Å². The molecule has 1 aliphatic carbocycles. The summed E-state index contributed by atoms with van der Waals surface area (Å²) in [5.41, 5.74) is 7.73. The van der Waals surface area contributed by atoms with Gasteiger partial charge in [-0.2, -0.15) is 4.98 Å². The highest BCUT2D eigenvalue weighted by Gasteiger charge is 2.28. The van der Waals surface area contributed by atoms with Gasteiger partial charge in [-0.1, -0.05) is 18.9 Å². The van der Waals surface area contributed by atoms with Gasteiger partial charge < -0.3 is 21.7 Å². The van der Waals surface area contributed by atoms with Crippen molar-refractivity contribution in [2.75, 3.05) is 10.6 Å². The van der Waals surface area contributed by atoms with E-state index in [1.54, 1.807) is 12.1 Å². The molecule has 0 saturated heterocycles. The summed E-state index contributed by atoms with van der Waals surface area (Å²) in [6.07, 6.45) is 4.18. The molecule has 5 N–H and O–H groups in total. The van der Waals surface area contributed by atoms with Gasteiger partial charge in [-0.3, -0.25) is 4.79 Å². The van der Waals surface area contributed by atoms with Crippen LogP contribution in [0.2, 0.25) is 0 Å². The van der Waals surface area contributed by atoms with Gasteiger partial charge in [0.05, 0.1) is 12.2 Å². The SMILES string of the molecule is NC1CCCCC1Nc1nc2c(c(Nc3cccc(F)c3)n1)C(=O)NC2. The monoisotopic (exact) mass is 356 g/mol. The van der Waals surface area contributed by atoms with Crippen molar-refractivity contribution in [1.82, 2.24) is 15.3 Å². The lowest BCUT2D eigenvalue weighted by Gasteiger charge is -2.29. The Morgan fingerprint density at radius 1 is 1.23 bits per heavy atom. The van der Waals surface area contributed by atoms with Crippen molar-refractivity contribution in [3.8, 4) is 0 Å². The molecule has 4 rings (SSSR count). The molecule has 1 aliphatic heterocycles. The molecule has 0 radical (unpaired) electrons. The molecule has 136 valence electrons. The lowest BCUT2D eigenvalue weighted by atomic mass is 9.91. The first-order chi connectivity index (χ1) is 12.6. The lowest BCUT2D eigenvalue weighted by Crippen LogP contribution is -2.43. The highest BCUT2D eigenvalue weighted by Crippen LogP contribution is 2.27. The van der Waals surface area contributed by atoms with E-state index in [1.165, 1.54) is 12.1 Å². The summed E-state index contributed by atoms with van der Waals surface area (Å²) < 4.78 is 13.5. The first-order valence-electron chi connectivity index (χ1n) is 8.84. The van der Waals surface area contributed by atoms with Crippen molar-refractivity contribution in [2.45, 2.75) is 44.3 Å². The zero-order chi connectivity index (χ0) is 18.1. The average Bonchev–Trinajstić information content (AvgIpc) is 2.98. The van der Waals surface area contributed by atoms with Crippen molar-refractivity contribution in [1.29, 1.82) is 0 Å². The van der Waals surface area contributed by atoms with Gasteiger partial charge in [0.1, 0.15) is 17.2 Å². The molecule has 1 fully saturated rings. The number of rotatable bonds is 4. The number of anilines is 3. The molecule has 0 spiro atoms. The number of aromatic nitrogens is 2. The van der Waals surface area contributed by atoms with E-state index in [2.05, 4.69) is 25.9 Å². The quantitative estimate of drug-likeness (QED) is 0.670. The zero-order valence-corrected chi connectivity index (χ0v) is 14.3. The molecule has 2 atom stereocenters. The Balaban J connectivity index is 1.65. The summed E-state index contributed by atoms with van der Waals surface area (Å²) in [5.74, 6) is 0.195. The highest BCUT2D eigenvalue weighted by atomic mass is 19.1. The molecule has 1 saturated carbocycles. The number of carbonyl (C=O) groups excluding carboxylic acids is 1. The summed E-state index contributed by atoms with van der Waals surface area (Å²) >= 11 is 0. The van der Waals surface area contributed by atoms with E-state index in [0.717, 1.165) is 25.7 Å². The van der Waals surface area contributed by atoms with Crippen LogP contribution in [0, 0.1) is 5.82 Å². The van der Waals surface area contributed by atoms with Crippen LogP contribution >= 0.6 is 0 Å². The topological polar surface area (TPSA) is 105 Å². The molecule has 2 heterocycles. The summed E-state index contributed by atoms with van der Waals surface area (Å²) in [7, 11) is 0. The van der Waals surface area contributed by atoms with Crippen LogP contribution in [-0.4, -0.2) is 28.0 Å². The van der Waals surface area contributed by atoms with Crippen LogP contribution in [0.4, 0.5) is 21.8 Å². The summed E-state index contributed by atoms with van der Waals surface area (Å²) in [4.78, 5) is 21.1. The number of nitrogens with zero attached hydrogens (tertiary/aromatic N) is 2. The van der Waals surface area contributed by atoms with Gasteiger partial charge in [0.15, 0.2) is 0 Å². The maximum Gasteiger partial charge on any atom is 0.257 e. The molecule has 1 aromatic heterocycles. The minimum absolute atomic E-state index is 0.0555. The second-order valence-corrected chi connectivity index (χ2v) is 6.73. The van der Waals surface area contributed by atoms with Gasteiger partial charge in [-0.15, -0.1) is 0 Å². The third-order valence-electron chi connectivity index (χ3n) is 4.85. The molecule has 1 amide bonds. The Hall–Kier alpha value is -2.74. The van der Waals surface area contributed by atoms with Gasteiger partial charge in [0.2, 0.25) is 5.95 Å². The number of nitrogens with one attached hydrogen (secondary N) is 3. The number of benzene rings is 1. The molecule has 1 aromatic carbocycles. The Morgan fingerprint density at radius 2 is 2.08 bits per heavy atom. The number of halogens is 1. The van der Waals surface area contributed by atoms with Crippen molar-refractivity contribution in [3.63, 3.8) is 0 Å². The Kier molecular flexibility index (Phi) is 4.42. The van der Waals surface area contributed by atoms with E-state index in [4.69, 9.17) is 5.73 Å². The average molecular weight is 356 g/mol. The maximum absolute atomic E-state index is 13.5. The number of nitrogens with two attached hydrogens (primary N) is 1. The summed E-state index contributed by atoms with van der Waals surface area (Å²) in [6, 6.07) is 6.19. The van der Waals surface area contributed by atoms with Gasteiger partial charge in [0, 0.05) is 17.8 Å². The third kappa shape index (κ3) is 3.32. The fourth-order valence-corrected chi connectivity index (χ4v) is 3.49. The van der Waals surface area contributed by atoms with Crippen LogP contribution in [0.25, 0.3) is 0 Å². The predicted molar refractivity (Wildman–Crippen MR) is 96.7 cm³/mol. The maximum atomic E-state index is 13.5. The summed E-state index contributed by atoms with van der Waals surface area (Å²) in [6.45, 7) is 0.347. The number of amides is 1. The second kappa shape index (κ2) is 6.87. The normalized spacial score (nSPS) is 21.8. The van der Waals surface area contributed by atoms with Crippen LogP contribution in [0.1, 0.15) is 41.7 Å². The minimum atomic E-state index is -0.364. The van der Waals surface area contributed by atoms with Crippen molar-refractivity contribution in [3.05, 3.63) is 41.3 Å². The van der Waals surface area contributed by atoms with Gasteiger partial charge in [-0.05, 0) is 31.0 Å². The van der Waals surface area contributed by atoms with Crippen LogP contribution in [-0.2, 0) is 6.54 Å². The number of carbonyl (C=O) groups is 1. The van der Waals surface area contributed by atoms with E-state index in [0.29, 0.717) is 35.3 Å². The van der Waals surface area contributed by atoms with Crippen LogP contribution in [0.3, 0.4) is 0 Å². The molecule has 7 nitrogen and oxygen atoms in total. The predicted octanol–water partition coefficient (Wildman–Crippen LogP) is 2.28. The number of hydrogen-bond acceptors (Lipinski definition) is 6. The van der Waals surface area contributed by atoms with E-state index >= 15 is 0 Å². The first kappa shape index (κ1) is 16.7. The Labute approximate surface area is 150 Å². The molecular formula is C18H21FN6O. The van der Waals surface area contributed by atoms with Crippen LogP contribution in [0.5, 0.6) is 0 Å². The standard InChI is InChI=1S/C18H21FN6O/c19-10-4-3-5-11(8-10)22-16-15-14(9-21-17(15)26)24-18(25-16)23-13-7-2-1-6-12(13)20/h3-5,8,12-13H,1-2,6-7,9,20H2,(H,21,26)(H2,22,23,24,25). The molecule has 2 aliphatic rings. The molecule has 2 aromatic rings. The third-order valence-corrected chi connectivity index (χ3v) is 4.85. The van der Waals surface area contributed by atoms with Crippen molar-refractivity contribution >= 4 is 23.4 Å². The van der Waals surface area contributed by atoms with Crippen LogP contribution < -0.4 is 21.7 Å². The molecule has 26 heavy (non-hydrogen) atoms. The summed E-state index contributed by atoms with van der Waals surface area (Å²) in [5, 5.41) is 9.11. The molecular weight excluding hydrogens is 335 g/mol. The van der Waals surface area contributed by atoms with E-state index < -0.39 is 0 Å². The highest BCUT2D eigenvalue weighted by molar-refractivity contribution is 6.02. The van der Waals surface area contributed by atoms with Gasteiger partial charge >= 0.3 is 0 Å². The smallest absolute Gasteiger partial charge is 0.257 e. The second-order valence-electron chi connectivity index (χ2n) is 6.73. The van der Waals surface area contributed by atoms with E-state index in [-0.39, 0.29) is 23.8 Å². The van der Waals surface area contributed by atoms with Gasteiger partial charge in [0.25, 0.3) is 5.91 Å². The van der Waals surface area contributed by atoms with Crippen LogP contribution in [0.15, 0.2) is 24.3 Å². The lowest BCUT2D eigenvalue weighted by molar-refractivity contribution is 0.0966. The minimum Gasteiger partial charge on any atom is -0.350 e. The van der Waals surface area contributed by atoms with Crippen molar-refractivity contribution < 1.29 is 9.18 Å². The fourth-order valence-electron chi connectivity index (χ4n) is 3.49. The zero-order valence-electron chi connectivity index (χ0n) is 14.3. The molecule has 2 unspecified atom stereocenters. The van der Waals surface area contributed by atoms with E-state index in [9.17, 15) is 9.18 Å². The Bertz CT molecular complexity index is 842. The Morgan fingerprint density at radius 3 is 2.88 bits per heavy atom. The van der Waals surface area contributed by atoms with Crippen molar-refractivity contribution in [2.24, 2.45) is 5.73 Å². The fraction of sp³-hybridized carbons (Fsp3) is 0.389. The number of hydrogen-bond donors (Lipinski definition) is 4. The first-order valence-corrected chi connectivity index (χ1v) is 8.84. The van der Waals surface area contributed by atoms with Gasteiger partial charge in [-0.25, -0.2) is 9.37 Å². The molecule has 8 heteroatoms. The molecule has 0 bridgehead atoms.